The first kappa shape index (κ1) is 121. The number of carboxylic acids is 1. The number of primary amides is 2. The van der Waals surface area contributed by atoms with Crippen LogP contribution < -0.4 is 91.2 Å². The third kappa shape index (κ3) is 39.0. The molecule has 42 heteroatoms. The quantitative estimate of drug-likeness (QED) is 0.0219. The van der Waals surface area contributed by atoms with E-state index < -0.39 is 277 Å². The van der Waals surface area contributed by atoms with Crippen LogP contribution in [0.15, 0.2) is 97.2 Å². The molecule has 42 nitrogen and oxygen atoms in total. The highest BCUT2D eigenvalue weighted by molar-refractivity contribution is 6.42. The number of nitrogens with one attached hydrogen (secondary N) is 16. The lowest BCUT2D eigenvalue weighted by molar-refractivity contribution is -0.141. The van der Waals surface area contributed by atoms with Gasteiger partial charge in [-0.3, -0.25) is 95.9 Å². The number of fused-ring (bicyclic) bond motifs is 1. The van der Waals surface area contributed by atoms with Crippen molar-refractivity contribution in [2.75, 3.05) is 19.7 Å². The highest BCUT2D eigenvalue weighted by Crippen LogP contribution is 2.33. The number of para-hydroxylation sites is 1. The van der Waals surface area contributed by atoms with Crippen LogP contribution >= 0.6 is 0 Å². The van der Waals surface area contributed by atoms with Crippen molar-refractivity contribution in [2.24, 2.45) is 35.1 Å². The Morgan fingerprint density at radius 1 is 0.528 bits per heavy atom. The van der Waals surface area contributed by atoms with Crippen LogP contribution in [0.3, 0.4) is 0 Å². The predicted octanol–water partition coefficient (Wildman–Crippen LogP) is 1.13. The van der Waals surface area contributed by atoms with E-state index >= 15 is 33.6 Å². The van der Waals surface area contributed by atoms with Gasteiger partial charge < -0.3 is 117 Å². The second-order valence-electron chi connectivity index (χ2n) is 37.6. The lowest BCUT2D eigenvalue weighted by Gasteiger charge is -2.35. The molecule has 0 bridgehead atoms. The minimum atomic E-state index is -2.11. The average Bonchev–Trinajstić information content (AvgIpc) is 1.35. The van der Waals surface area contributed by atoms with Crippen LogP contribution in [0.5, 0.6) is 5.75 Å². The Morgan fingerprint density at radius 2 is 1.08 bits per heavy atom. The zero-order chi connectivity index (χ0) is 104. The number of aliphatic hydroxyl groups is 2. The number of carbonyl (C=O) groups excluding carboxylic acids is 19. The molecule has 2 heterocycles. The summed E-state index contributed by atoms with van der Waals surface area (Å²) < 4.78 is 0. The molecule has 142 heavy (non-hydrogen) atoms. The number of hydrogen-bond donors (Lipinski definition) is 22. The lowest BCUT2D eigenvalue weighted by Crippen LogP contribution is -2.65. The number of hydrogen-bond acceptors (Lipinski definition) is 25. The molecule has 24 N–H and O–H groups in total. The number of amides is 15. The molecule has 15 amide bonds. The summed E-state index contributed by atoms with van der Waals surface area (Å²) in [4.78, 5) is 284. The molecule has 1 aromatic heterocycles. The van der Waals surface area contributed by atoms with Gasteiger partial charge in [0.25, 0.3) is 0 Å². The molecule has 1 fully saturated rings. The molecule has 4 aromatic rings. The Labute approximate surface area is 828 Å². The molecule has 0 saturated heterocycles. The number of benzene rings is 3. The summed E-state index contributed by atoms with van der Waals surface area (Å²) in [5, 5.41) is 82.8. The maximum Gasteiger partial charge on any atom is 0.303 e. The van der Waals surface area contributed by atoms with Gasteiger partial charge in [0, 0.05) is 75.1 Å². The van der Waals surface area contributed by atoms with Crippen molar-refractivity contribution in [3.05, 3.63) is 114 Å². The van der Waals surface area contributed by atoms with Crippen LogP contribution in [0.1, 0.15) is 230 Å². The topological polar surface area (TPSA) is 671 Å². The highest BCUT2D eigenvalue weighted by Gasteiger charge is 2.45. The number of ketones is 4. The fraction of sp³-hybridized carbons (Fsp3) is 0.580. The number of allylic oxidation sites excluding steroid dienone is 2. The molecule has 3 unspecified atom stereocenters. The van der Waals surface area contributed by atoms with Crippen molar-refractivity contribution in [3.8, 4) is 5.75 Å². The maximum absolute atomic E-state index is 15.6. The molecule has 0 spiro atoms. The minimum Gasteiger partial charge on any atom is -0.508 e. The van der Waals surface area contributed by atoms with E-state index in [9.17, 15) is 82.8 Å². The number of H-pyrrole nitrogens is 1. The fourth-order valence-electron chi connectivity index (χ4n) is 16.0. The molecule has 1 aliphatic heterocycles. The van der Waals surface area contributed by atoms with E-state index in [0.717, 1.165) is 6.42 Å². The van der Waals surface area contributed by atoms with Crippen molar-refractivity contribution in [2.45, 2.75) is 329 Å². The van der Waals surface area contributed by atoms with Gasteiger partial charge in [0.2, 0.25) is 112 Å². The number of carboxylic acid groups (broad SMARTS) is 1. The monoisotopic (exact) mass is 1990 g/mol. The van der Waals surface area contributed by atoms with Crippen LogP contribution in [0.2, 0.25) is 0 Å². The van der Waals surface area contributed by atoms with Gasteiger partial charge in [0.1, 0.15) is 77.2 Å². The molecule has 0 radical (unpaired) electrons. The van der Waals surface area contributed by atoms with Gasteiger partial charge in [-0.25, -0.2) is 0 Å². The van der Waals surface area contributed by atoms with Crippen LogP contribution in [0.25, 0.3) is 10.9 Å². The standard InChI is InChI=1S/C98H142N18O24.2CH4/c1-53(2)44-72(108-61(10)119)92(136)114-79(60(9)118)94(138)111-74(46-63-28-21-20-22-29-63)93(137)116-98(12)43-26-19-17-15-13-14-16-18-25-42-97(11,95(139)107-59(8)87(131)106-58(7)86(130)105-57(6)85(129)104-56(5)81(125)80(124)55(4)101-49-54(3)84(100)128)115-88(132)66(45-62-30-27-31-62)51-103-70(38-40-77(99)121)82(126)83(127)76(52-117)112-91(135)75(48-65-50-102-69-33-24-23-32-68(65)69)110-90(134)73(47-64-34-36-67(120)37-35-64)109-89(133)71(113-96(98)140)39-41-78(122)123;;/h14,16,20-24,28-29,32-37,50,53-60,62,66,70-76,79,101-103,117-118,120H,13,15,17-19,25-27,30-31,38-49,51-52H2,1-12H3,(H2,99,121)(H2,100,128)(H,104,129)(H,105,130)(H,106,131)(H,107,139)(H,108,119)(H,109,133)(H,110,134)(H,111,138)(H,112,135)(H,113,140)(H,114,136)(H,115,132)(H,116,137)(H,122,123);2*1H4/b16-14+;;/t54-,55-,56-,57?,58-,59?,60+,66+,70-,71-,72-,73?,74-,75-,76-,79-,97-,98+;;/m0../s1. The Hall–Kier alpha value is -13.2. The van der Waals surface area contributed by atoms with Crippen LogP contribution in [-0.2, 0) is 115 Å². The number of aromatic amines is 1. The van der Waals surface area contributed by atoms with Crippen LogP contribution in [-0.4, -0.2) is 259 Å². The second-order valence-corrected chi connectivity index (χ2v) is 37.6. The number of phenols is 1. The fourth-order valence-corrected chi connectivity index (χ4v) is 16.0. The maximum atomic E-state index is 15.6. The molecular formula is C100H150N18O24. The highest BCUT2D eigenvalue weighted by atomic mass is 16.4. The molecule has 6 rings (SSSR count). The van der Waals surface area contributed by atoms with Crippen molar-refractivity contribution in [1.82, 2.24) is 84.7 Å². The molecule has 1 aliphatic carbocycles. The summed E-state index contributed by atoms with van der Waals surface area (Å²) in [6.07, 6.45) is 4.72. The number of phenolic OH excluding ortho intramolecular Hbond substituents is 1. The number of nitrogens with two attached hydrogens (primary N) is 2. The largest absolute Gasteiger partial charge is 0.508 e. The summed E-state index contributed by atoms with van der Waals surface area (Å²) >= 11 is 0. The average molecular weight is 1990 g/mol. The second kappa shape index (κ2) is 58.9. The van der Waals surface area contributed by atoms with E-state index in [0.29, 0.717) is 67.0 Å². The lowest BCUT2D eigenvalue weighted by atomic mass is 9.78. The first-order valence-electron chi connectivity index (χ1n) is 47.7. The van der Waals surface area contributed by atoms with E-state index in [4.69, 9.17) is 11.5 Å². The zero-order valence-corrected chi connectivity index (χ0v) is 81.7. The number of Topliss-reactive ketones (excluding diaryl/α,β-unsaturated/α-hetero) is 4. The van der Waals surface area contributed by atoms with E-state index in [-0.39, 0.29) is 89.5 Å². The minimum absolute atomic E-state index is 0. The number of aliphatic carboxylic acids is 1. The number of carbonyl (C=O) groups is 20. The third-order valence-corrected chi connectivity index (χ3v) is 24.9. The van der Waals surface area contributed by atoms with Crippen molar-refractivity contribution in [1.29, 1.82) is 0 Å². The first-order valence-corrected chi connectivity index (χ1v) is 47.7. The summed E-state index contributed by atoms with van der Waals surface area (Å²) in [5.41, 5.74) is 8.70. The van der Waals surface area contributed by atoms with Gasteiger partial charge in [0.15, 0.2) is 0 Å². The van der Waals surface area contributed by atoms with Crippen molar-refractivity contribution in [3.63, 3.8) is 0 Å². The number of aliphatic hydroxyl groups excluding tert-OH is 2. The molecule has 1 saturated carbocycles. The normalized spacial score (nSPS) is 22.1. The molecule has 3 aromatic carbocycles. The van der Waals surface area contributed by atoms with Gasteiger partial charge in [-0.2, -0.15) is 0 Å². The van der Waals surface area contributed by atoms with E-state index in [2.05, 4.69) is 84.7 Å². The molecule has 784 valence electrons. The molecule has 18 atom stereocenters. The van der Waals surface area contributed by atoms with Gasteiger partial charge >= 0.3 is 5.97 Å². The molecular weight excluding hydrogens is 1840 g/mol. The predicted molar refractivity (Wildman–Crippen MR) is 527 cm³/mol. The Kier molecular flexibility index (Phi) is 50.2. The van der Waals surface area contributed by atoms with E-state index in [1.54, 1.807) is 68.4 Å². The third-order valence-electron chi connectivity index (χ3n) is 24.9. The Bertz CT molecular complexity index is 5040. The zero-order valence-electron chi connectivity index (χ0n) is 81.7. The summed E-state index contributed by atoms with van der Waals surface area (Å²) in [6, 6.07) is 0.198. The molecule has 2 aliphatic rings. The van der Waals surface area contributed by atoms with Crippen molar-refractivity contribution >= 4 is 129 Å². The Morgan fingerprint density at radius 3 is 1.65 bits per heavy atom. The van der Waals surface area contributed by atoms with Crippen molar-refractivity contribution < 1.29 is 116 Å². The van der Waals surface area contributed by atoms with Gasteiger partial charge in [-0.1, -0.05) is 147 Å². The van der Waals surface area contributed by atoms with Crippen LogP contribution in [0, 0.1) is 23.7 Å². The first-order chi connectivity index (χ1) is 66.0. The van der Waals surface area contributed by atoms with E-state index in [1.807, 2.05) is 12.2 Å². The smallest absolute Gasteiger partial charge is 0.303 e. The summed E-state index contributed by atoms with van der Waals surface area (Å²) in [7, 11) is 0. The summed E-state index contributed by atoms with van der Waals surface area (Å²) in [6.45, 7) is 15.2. The van der Waals surface area contributed by atoms with Crippen LogP contribution in [0.4, 0.5) is 0 Å². The summed E-state index contributed by atoms with van der Waals surface area (Å²) in [5.74, 6) is -22.1. The SMILES string of the molecule is C.C.CC(=O)N[C@@H](CC(C)C)C(=O)N[C@H](C(=O)N[C@@H](Cc1ccccc1)C(=O)N[C@]1(C)CCCCCC/C=C/CCC[C@@](C)(C(=O)NC(C)C(=O)N[C@@H](C)C(=O)NC(C)C(=O)N[C@@H](C)C(=O)C(=O)[C@H](C)NC[C@H](C)C(N)=O)NC(=O)[C@H](CC2CCC2)CN[C@@H](CCC(N)=O)C(=O)C(=O)[C@H](CO)NC(=O)[C@H](Cc2c[nH]c3ccccc23)NC(=O)C(Cc2ccc(O)cc2)NC(=O)[C@H](CCC(=O)O)NC1=O)[C@@H](C)O. The van der Waals surface area contributed by atoms with Gasteiger partial charge in [-0.15, -0.1) is 0 Å². The number of aromatic hydroxyl groups is 1. The number of rotatable bonds is 40. The van der Waals surface area contributed by atoms with E-state index in [1.165, 1.54) is 99.7 Å². The Balaban J connectivity index is 0.0000210. The number of aromatic nitrogens is 1. The van der Waals surface area contributed by atoms with Gasteiger partial charge in [-0.05, 0) is 166 Å². The van der Waals surface area contributed by atoms with Gasteiger partial charge in [0.05, 0.1) is 36.8 Å².